The van der Waals surface area contributed by atoms with Crippen LogP contribution in [0, 0.1) is 5.82 Å². The normalized spacial score (nSPS) is 13.0. The van der Waals surface area contributed by atoms with E-state index in [1.165, 1.54) is 16.7 Å². The van der Waals surface area contributed by atoms with Crippen molar-refractivity contribution >= 4 is 17.5 Å². The highest BCUT2D eigenvalue weighted by Crippen LogP contribution is 2.26. The van der Waals surface area contributed by atoms with E-state index in [1.54, 1.807) is 21.9 Å². The molecule has 9 heteroatoms. The standard InChI is InChI=1S/C17H20FN5O3/c1-3-20(4-2)14(24)11-23-16(26)15(25)22-10-9-21(17(22)19-23)13-7-5-12(18)6-8-13/h5-8H,3-4,9-11H2,1-2H3. The molecular weight excluding hydrogens is 341 g/mol. The molecule has 1 aliphatic heterocycles. The number of hydrogen-bond donors (Lipinski definition) is 0. The molecule has 0 spiro atoms. The third-order valence-electron chi connectivity index (χ3n) is 4.44. The number of hydrogen-bond acceptors (Lipinski definition) is 5. The van der Waals surface area contributed by atoms with E-state index in [-0.39, 0.29) is 24.2 Å². The Balaban J connectivity index is 2.00. The van der Waals surface area contributed by atoms with Gasteiger partial charge in [-0.25, -0.2) is 9.07 Å². The Bertz CT molecular complexity index is 931. The predicted molar refractivity (Wildman–Crippen MR) is 94.1 cm³/mol. The van der Waals surface area contributed by atoms with Crippen LogP contribution in [-0.2, 0) is 17.9 Å². The second-order valence-corrected chi connectivity index (χ2v) is 5.91. The van der Waals surface area contributed by atoms with Crippen LogP contribution in [0.15, 0.2) is 33.9 Å². The summed E-state index contributed by atoms with van der Waals surface area (Å²) in [6.45, 7) is 5.14. The monoisotopic (exact) mass is 361 g/mol. The average Bonchev–Trinajstić information content (AvgIpc) is 3.05. The summed E-state index contributed by atoms with van der Waals surface area (Å²) in [4.78, 5) is 40.2. The Morgan fingerprint density at radius 2 is 1.77 bits per heavy atom. The lowest BCUT2D eigenvalue weighted by atomic mass is 10.3. The first kappa shape index (κ1) is 17.8. The predicted octanol–water partition coefficient (Wildman–Crippen LogP) is 0.564. The highest BCUT2D eigenvalue weighted by Gasteiger charge is 2.26. The van der Waals surface area contributed by atoms with Gasteiger partial charge in [0.1, 0.15) is 12.4 Å². The number of rotatable bonds is 5. The molecule has 0 aliphatic carbocycles. The van der Waals surface area contributed by atoms with Gasteiger partial charge >= 0.3 is 11.1 Å². The van der Waals surface area contributed by atoms with E-state index in [2.05, 4.69) is 5.10 Å². The van der Waals surface area contributed by atoms with E-state index < -0.39 is 11.1 Å². The molecule has 1 amide bonds. The van der Waals surface area contributed by atoms with E-state index in [0.29, 0.717) is 31.9 Å². The van der Waals surface area contributed by atoms with E-state index in [9.17, 15) is 18.8 Å². The van der Waals surface area contributed by atoms with Crippen LogP contribution in [0.25, 0.3) is 0 Å². The Hall–Kier alpha value is -2.97. The van der Waals surface area contributed by atoms with Crippen LogP contribution in [0.4, 0.5) is 16.0 Å². The number of likely N-dealkylation sites (N-methyl/N-ethyl adjacent to an activating group) is 1. The smallest absolute Gasteiger partial charge is 0.333 e. The topological polar surface area (TPSA) is 80.4 Å². The highest BCUT2D eigenvalue weighted by atomic mass is 19.1. The van der Waals surface area contributed by atoms with Gasteiger partial charge in [0.25, 0.3) is 0 Å². The number of benzene rings is 1. The summed E-state index contributed by atoms with van der Waals surface area (Å²) >= 11 is 0. The van der Waals surface area contributed by atoms with Gasteiger partial charge in [-0.1, -0.05) is 0 Å². The largest absolute Gasteiger partial charge is 0.342 e. The molecular formula is C17H20FN5O3. The van der Waals surface area contributed by atoms with Crippen molar-refractivity contribution in [3.8, 4) is 0 Å². The Labute approximate surface area is 149 Å². The van der Waals surface area contributed by atoms with Crippen LogP contribution in [0.3, 0.4) is 0 Å². The first-order chi connectivity index (χ1) is 12.5. The molecule has 138 valence electrons. The summed E-state index contributed by atoms with van der Waals surface area (Å²) in [6, 6.07) is 5.79. The lowest BCUT2D eigenvalue weighted by Gasteiger charge is -2.20. The molecule has 1 aromatic heterocycles. The second kappa shape index (κ2) is 7.11. The first-order valence-corrected chi connectivity index (χ1v) is 8.49. The van der Waals surface area contributed by atoms with Gasteiger partial charge < -0.3 is 9.80 Å². The van der Waals surface area contributed by atoms with Crippen LogP contribution in [0.2, 0.25) is 0 Å². The van der Waals surface area contributed by atoms with Crippen molar-refractivity contribution in [1.29, 1.82) is 0 Å². The van der Waals surface area contributed by atoms with Crippen LogP contribution in [-0.4, -0.2) is 44.8 Å². The minimum Gasteiger partial charge on any atom is -0.342 e. The van der Waals surface area contributed by atoms with Crippen molar-refractivity contribution in [2.45, 2.75) is 26.9 Å². The third-order valence-corrected chi connectivity index (χ3v) is 4.44. The van der Waals surface area contributed by atoms with Crippen molar-refractivity contribution in [3.63, 3.8) is 0 Å². The molecule has 1 aromatic carbocycles. The molecule has 0 atom stereocenters. The van der Waals surface area contributed by atoms with Gasteiger partial charge in [0.2, 0.25) is 11.9 Å². The zero-order chi connectivity index (χ0) is 18.8. The summed E-state index contributed by atoms with van der Waals surface area (Å²) in [7, 11) is 0. The molecule has 0 saturated carbocycles. The molecule has 2 heterocycles. The highest BCUT2D eigenvalue weighted by molar-refractivity contribution is 5.75. The van der Waals surface area contributed by atoms with Gasteiger partial charge in [-0.2, -0.15) is 0 Å². The van der Waals surface area contributed by atoms with Gasteiger partial charge in [0.15, 0.2) is 0 Å². The van der Waals surface area contributed by atoms with Crippen LogP contribution < -0.4 is 16.0 Å². The SMILES string of the molecule is CCN(CC)C(=O)Cn1nc2n(c(=O)c1=O)CCN2c1ccc(F)cc1. The number of amides is 1. The van der Waals surface area contributed by atoms with Crippen LogP contribution in [0.1, 0.15) is 13.8 Å². The first-order valence-electron chi connectivity index (χ1n) is 8.49. The lowest BCUT2D eigenvalue weighted by molar-refractivity contribution is -0.131. The summed E-state index contributed by atoms with van der Waals surface area (Å²) in [5.74, 6) is -0.373. The molecule has 0 fully saturated rings. The molecule has 2 aromatic rings. The molecule has 3 rings (SSSR count). The van der Waals surface area contributed by atoms with Crippen LogP contribution in [0.5, 0.6) is 0 Å². The van der Waals surface area contributed by atoms with Crippen molar-refractivity contribution in [1.82, 2.24) is 19.2 Å². The van der Waals surface area contributed by atoms with Gasteiger partial charge in [0.05, 0.1) is 0 Å². The van der Waals surface area contributed by atoms with E-state index in [1.807, 2.05) is 13.8 Å². The maximum Gasteiger partial charge on any atom is 0.333 e. The molecule has 0 bridgehead atoms. The fraction of sp³-hybridized carbons (Fsp3) is 0.412. The molecule has 0 N–H and O–H groups in total. The molecule has 26 heavy (non-hydrogen) atoms. The third kappa shape index (κ3) is 3.12. The number of aromatic nitrogens is 3. The molecule has 0 radical (unpaired) electrons. The minimum absolute atomic E-state index is 0.272. The average molecular weight is 361 g/mol. The molecule has 0 unspecified atom stereocenters. The maximum absolute atomic E-state index is 13.2. The van der Waals surface area contributed by atoms with Crippen molar-refractivity contribution in [3.05, 3.63) is 50.8 Å². The minimum atomic E-state index is -0.824. The summed E-state index contributed by atoms with van der Waals surface area (Å²) in [5, 5.41) is 4.24. The Morgan fingerprint density at radius 3 is 2.38 bits per heavy atom. The van der Waals surface area contributed by atoms with E-state index >= 15 is 0 Å². The number of halogens is 1. The van der Waals surface area contributed by atoms with Gasteiger partial charge in [0, 0.05) is 31.9 Å². The summed E-state index contributed by atoms with van der Waals surface area (Å²) < 4.78 is 15.4. The number of carbonyl (C=O) groups is 1. The number of carbonyl (C=O) groups excluding carboxylic acids is 1. The number of nitrogens with zero attached hydrogens (tertiary/aromatic N) is 5. The lowest BCUT2D eigenvalue weighted by Crippen LogP contribution is -2.45. The quantitative estimate of drug-likeness (QED) is 0.727. The molecule has 1 aliphatic rings. The maximum atomic E-state index is 13.2. The van der Waals surface area contributed by atoms with Crippen LogP contribution >= 0.6 is 0 Å². The molecule has 8 nitrogen and oxygen atoms in total. The van der Waals surface area contributed by atoms with Gasteiger partial charge in [-0.05, 0) is 38.1 Å². The fourth-order valence-electron chi connectivity index (χ4n) is 3.00. The number of fused-ring (bicyclic) bond motifs is 1. The summed E-state index contributed by atoms with van der Waals surface area (Å²) in [6.07, 6.45) is 0. The van der Waals surface area contributed by atoms with Gasteiger partial charge in [-0.15, -0.1) is 5.10 Å². The zero-order valence-electron chi connectivity index (χ0n) is 14.7. The van der Waals surface area contributed by atoms with Gasteiger partial charge in [-0.3, -0.25) is 19.0 Å². The Kier molecular flexibility index (Phi) is 4.88. The van der Waals surface area contributed by atoms with E-state index in [0.717, 1.165) is 4.68 Å². The van der Waals surface area contributed by atoms with E-state index in [4.69, 9.17) is 0 Å². The van der Waals surface area contributed by atoms with Crippen molar-refractivity contribution < 1.29 is 9.18 Å². The second-order valence-electron chi connectivity index (χ2n) is 5.91. The Morgan fingerprint density at radius 1 is 1.12 bits per heavy atom. The van der Waals surface area contributed by atoms with Crippen molar-refractivity contribution in [2.24, 2.45) is 0 Å². The zero-order valence-corrected chi connectivity index (χ0v) is 14.7. The molecule has 0 saturated heterocycles. The summed E-state index contributed by atoms with van der Waals surface area (Å²) in [5.41, 5.74) is -0.882. The number of anilines is 2. The fourth-order valence-corrected chi connectivity index (χ4v) is 3.00. The van der Waals surface area contributed by atoms with Crippen molar-refractivity contribution in [2.75, 3.05) is 24.5 Å².